The third-order valence-electron chi connectivity index (χ3n) is 2.31. The molecule has 0 fully saturated rings. The van der Waals surface area contributed by atoms with Gasteiger partial charge in [-0.25, -0.2) is 18.4 Å². The van der Waals surface area contributed by atoms with E-state index in [0.717, 1.165) is 0 Å². The van der Waals surface area contributed by atoms with Crippen LogP contribution in [-0.2, 0) is 9.47 Å². The van der Waals surface area contributed by atoms with Crippen LogP contribution < -0.4 is 4.74 Å². The van der Waals surface area contributed by atoms with Crippen LogP contribution in [0.2, 0.25) is 0 Å². The average molecular weight is 409 g/mol. The third-order valence-corrected chi connectivity index (χ3v) is 3.05. The van der Waals surface area contributed by atoms with Crippen molar-refractivity contribution in [2.75, 3.05) is 0 Å². The van der Waals surface area contributed by atoms with Crippen molar-refractivity contribution in [3.05, 3.63) is 27.7 Å². The van der Waals surface area contributed by atoms with E-state index in [-0.39, 0.29) is 0 Å². The predicted octanol–water partition coefficient (Wildman–Crippen LogP) is 5.00. The van der Waals surface area contributed by atoms with E-state index < -0.39 is 50.7 Å². The molecule has 5 nitrogen and oxygen atoms in total. The molecule has 0 radical (unpaired) electrons. The molecule has 0 N–H and O–H groups in total. The van der Waals surface area contributed by atoms with Crippen LogP contribution in [0.15, 0.2) is 10.5 Å². The maximum atomic E-state index is 14.1. The van der Waals surface area contributed by atoms with Crippen LogP contribution in [0.1, 0.15) is 51.9 Å². The van der Waals surface area contributed by atoms with Gasteiger partial charge in [0.25, 0.3) is 0 Å². The number of rotatable bonds is 2. The molecule has 8 heteroatoms. The Hall–Kier alpha value is -1.70. The maximum Gasteiger partial charge on any atom is 0.514 e. The van der Waals surface area contributed by atoms with E-state index in [4.69, 9.17) is 14.2 Å². The smallest absolute Gasteiger partial charge is 0.456 e. The van der Waals surface area contributed by atoms with E-state index in [0.29, 0.717) is 6.07 Å². The lowest BCUT2D eigenvalue weighted by Crippen LogP contribution is -2.28. The van der Waals surface area contributed by atoms with Gasteiger partial charge in [-0.15, -0.1) is 0 Å². The molecule has 1 aromatic carbocycles. The van der Waals surface area contributed by atoms with Gasteiger partial charge in [0.15, 0.2) is 5.75 Å². The second kappa shape index (κ2) is 7.04. The summed E-state index contributed by atoms with van der Waals surface area (Å²) in [6.07, 6.45) is -1.21. The second-order valence-corrected chi connectivity index (χ2v) is 7.72. The first-order valence-electron chi connectivity index (χ1n) is 7.03. The Bertz CT molecular complexity index is 660. The summed E-state index contributed by atoms with van der Waals surface area (Å²) in [7, 11) is 0. The summed E-state index contributed by atoms with van der Waals surface area (Å²) >= 11 is 2.84. The first kappa shape index (κ1) is 20.3. The van der Waals surface area contributed by atoms with Crippen molar-refractivity contribution in [1.82, 2.24) is 0 Å². The van der Waals surface area contributed by atoms with Crippen LogP contribution >= 0.6 is 15.9 Å². The molecule has 24 heavy (non-hydrogen) atoms. The fraction of sp³-hybridized carbons (Fsp3) is 0.500. The van der Waals surface area contributed by atoms with Gasteiger partial charge in [-0.2, -0.15) is 0 Å². The van der Waals surface area contributed by atoms with E-state index in [2.05, 4.69) is 15.9 Å². The molecule has 0 bridgehead atoms. The lowest BCUT2D eigenvalue weighted by Gasteiger charge is -2.22. The molecule has 0 unspecified atom stereocenters. The molecule has 134 valence electrons. The van der Waals surface area contributed by atoms with Gasteiger partial charge in [0.05, 0.1) is 4.47 Å². The fourth-order valence-electron chi connectivity index (χ4n) is 1.54. The summed E-state index contributed by atoms with van der Waals surface area (Å²) in [6.45, 7) is 9.50. The summed E-state index contributed by atoms with van der Waals surface area (Å²) in [5.74, 6) is -4.00. The van der Waals surface area contributed by atoms with Crippen molar-refractivity contribution in [2.24, 2.45) is 0 Å². The minimum atomic E-state index is -1.22. The van der Waals surface area contributed by atoms with Crippen LogP contribution in [0.4, 0.5) is 13.6 Å². The number of ether oxygens (including phenoxy) is 3. The van der Waals surface area contributed by atoms with Crippen molar-refractivity contribution in [3.63, 3.8) is 0 Å². The third kappa shape index (κ3) is 5.74. The Morgan fingerprint density at radius 2 is 1.46 bits per heavy atom. The number of carbonyl (C=O) groups excluding carboxylic acids is 2. The zero-order valence-electron chi connectivity index (χ0n) is 14.3. The van der Waals surface area contributed by atoms with Crippen molar-refractivity contribution in [2.45, 2.75) is 52.7 Å². The van der Waals surface area contributed by atoms with Crippen LogP contribution in [-0.4, -0.2) is 23.3 Å². The van der Waals surface area contributed by atoms with Crippen molar-refractivity contribution >= 4 is 28.1 Å². The summed E-state index contributed by atoms with van der Waals surface area (Å²) in [6, 6.07) is 0.491. The number of carbonyl (C=O) groups is 2. The highest BCUT2D eigenvalue weighted by Gasteiger charge is 2.30. The molecule has 0 aliphatic heterocycles. The van der Waals surface area contributed by atoms with E-state index in [1.807, 2.05) is 0 Å². The first-order chi connectivity index (χ1) is 10.7. The average Bonchev–Trinajstić information content (AvgIpc) is 2.30. The summed E-state index contributed by atoms with van der Waals surface area (Å²) in [5, 5.41) is 0. The molecule has 0 aliphatic carbocycles. The van der Waals surface area contributed by atoms with Crippen molar-refractivity contribution in [3.8, 4) is 5.75 Å². The minimum absolute atomic E-state index is 0.393. The van der Waals surface area contributed by atoms with Gasteiger partial charge in [0, 0.05) is 6.07 Å². The Labute approximate surface area is 147 Å². The molecule has 0 aliphatic rings. The number of esters is 1. The Morgan fingerprint density at radius 3 is 1.92 bits per heavy atom. The van der Waals surface area contributed by atoms with E-state index in [1.165, 1.54) is 0 Å². The zero-order valence-corrected chi connectivity index (χ0v) is 15.8. The lowest BCUT2D eigenvalue weighted by molar-refractivity contribution is 0.00552. The van der Waals surface area contributed by atoms with E-state index >= 15 is 0 Å². The molecule has 0 heterocycles. The highest BCUT2D eigenvalue weighted by atomic mass is 79.9. The van der Waals surface area contributed by atoms with Gasteiger partial charge in [0.1, 0.15) is 28.4 Å². The Balaban J connectivity index is 3.31. The van der Waals surface area contributed by atoms with Crippen LogP contribution in [0.25, 0.3) is 0 Å². The monoisotopic (exact) mass is 408 g/mol. The van der Waals surface area contributed by atoms with Gasteiger partial charge in [-0.1, -0.05) is 0 Å². The minimum Gasteiger partial charge on any atom is -0.456 e. The Morgan fingerprint density at radius 1 is 0.958 bits per heavy atom. The number of halogens is 3. The predicted molar refractivity (Wildman–Crippen MR) is 86.1 cm³/mol. The number of hydrogen-bond donors (Lipinski definition) is 0. The molecule has 0 aromatic heterocycles. The topological polar surface area (TPSA) is 61.8 Å². The molecular formula is C16H19BrF2O5. The summed E-state index contributed by atoms with van der Waals surface area (Å²) < 4.78 is 42.3. The van der Waals surface area contributed by atoms with Crippen molar-refractivity contribution in [1.29, 1.82) is 0 Å². The molecule has 0 saturated carbocycles. The van der Waals surface area contributed by atoms with E-state index in [1.54, 1.807) is 41.5 Å². The quantitative estimate of drug-likeness (QED) is 0.391. The zero-order chi connectivity index (χ0) is 18.9. The van der Waals surface area contributed by atoms with Crippen LogP contribution in [0.5, 0.6) is 5.75 Å². The first-order valence-corrected chi connectivity index (χ1v) is 7.82. The van der Waals surface area contributed by atoms with Crippen LogP contribution in [0.3, 0.4) is 0 Å². The summed E-state index contributed by atoms with van der Waals surface area (Å²) in [5.41, 5.74) is -2.52. The molecule has 1 rings (SSSR count). The molecule has 1 aromatic rings. The van der Waals surface area contributed by atoms with Crippen molar-refractivity contribution < 1.29 is 32.6 Å². The highest BCUT2D eigenvalue weighted by Crippen LogP contribution is 2.35. The molecule has 0 amide bonds. The normalized spacial score (nSPS) is 11.9. The Kier molecular flexibility index (Phi) is 5.97. The molecule has 0 spiro atoms. The number of benzene rings is 1. The van der Waals surface area contributed by atoms with Gasteiger partial charge < -0.3 is 14.2 Å². The molecule has 0 saturated heterocycles. The lowest BCUT2D eigenvalue weighted by atomic mass is 10.1. The fourth-order valence-corrected chi connectivity index (χ4v) is 1.94. The largest absolute Gasteiger partial charge is 0.514 e. The summed E-state index contributed by atoms with van der Waals surface area (Å²) in [4.78, 5) is 24.0. The van der Waals surface area contributed by atoms with Gasteiger partial charge in [-0.05, 0) is 57.5 Å². The highest BCUT2D eigenvalue weighted by molar-refractivity contribution is 9.10. The second-order valence-electron chi connectivity index (χ2n) is 6.93. The van der Waals surface area contributed by atoms with Crippen LogP contribution in [0, 0.1) is 11.6 Å². The van der Waals surface area contributed by atoms with Gasteiger partial charge >= 0.3 is 12.1 Å². The van der Waals surface area contributed by atoms with Gasteiger partial charge in [0.2, 0.25) is 0 Å². The van der Waals surface area contributed by atoms with E-state index in [9.17, 15) is 18.4 Å². The SMILES string of the molecule is CC(C)(C)OC(=O)Oc1c(Br)c(F)cc(F)c1C(=O)OC(C)(C)C. The molecular weight excluding hydrogens is 390 g/mol. The van der Waals surface area contributed by atoms with Gasteiger partial charge in [-0.3, -0.25) is 0 Å². The number of hydrogen-bond acceptors (Lipinski definition) is 5. The molecule has 0 atom stereocenters. The standard InChI is InChI=1S/C16H19BrF2O5/c1-15(2,3)23-13(20)10-8(18)7-9(19)11(17)12(10)22-14(21)24-16(4,5)6/h7H,1-6H3. The maximum absolute atomic E-state index is 14.1.